The Morgan fingerprint density at radius 3 is 2.63 bits per heavy atom. The topological polar surface area (TPSA) is 60.5 Å². The van der Waals surface area contributed by atoms with Crippen LogP contribution >= 0.6 is 15.9 Å². The van der Waals surface area contributed by atoms with Crippen molar-refractivity contribution < 1.29 is 18.7 Å². The van der Waals surface area contributed by atoms with Crippen LogP contribution in [0.15, 0.2) is 53.1 Å². The van der Waals surface area contributed by atoms with E-state index in [0.717, 1.165) is 21.2 Å². The summed E-state index contributed by atoms with van der Waals surface area (Å²) in [6.07, 6.45) is 1.63. The van der Waals surface area contributed by atoms with Gasteiger partial charge in [0.1, 0.15) is 11.6 Å². The number of aromatic nitrogens is 1. The average molecular weight is 429 g/mol. The number of nitrogens with one attached hydrogen (secondary N) is 1. The number of hydrogen-bond acceptors (Lipinski definition) is 4. The van der Waals surface area contributed by atoms with E-state index in [-0.39, 0.29) is 12.4 Å². The predicted molar refractivity (Wildman–Crippen MR) is 103 cm³/mol. The normalized spacial score (nSPS) is 12.1. The Kier molecular flexibility index (Phi) is 4.53. The summed E-state index contributed by atoms with van der Waals surface area (Å²) < 4.78 is 25.5. The van der Waals surface area contributed by atoms with Crippen LogP contribution in [-0.2, 0) is 0 Å². The van der Waals surface area contributed by atoms with Crippen molar-refractivity contribution in [1.29, 1.82) is 0 Å². The number of halogens is 2. The Morgan fingerprint density at radius 2 is 1.93 bits per heavy atom. The second-order valence-electron chi connectivity index (χ2n) is 6.05. The lowest BCUT2D eigenvalue weighted by molar-refractivity contribution is 0.102. The van der Waals surface area contributed by atoms with E-state index in [4.69, 9.17) is 9.47 Å². The number of carbonyl (C=O) groups is 1. The Hall–Kier alpha value is -2.93. The molecule has 0 aliphatic carbocycles. The first kappa shape index (κ1) is 17.5. The van der Waals surface area contributed by atoms with E-state index in [1.54, 1.807) is 25.3 Å². The fourth-order valence-corrected chi connectivity index (χ4v) is 3.30. The fourth-order valence-electron chi connectivity index (χ4n) is 2.75. The third kappa shape index (κ3) is 3.50. The summed E-state index contributed by atoms with van der Waals surface area (Å²) in [6, 6.07) is 11.6. The highest BCUT2D eigenvalue weighted by Crippen LogP contribution is 2.40. The summed E-state index contributed by atoms with van der Waals surface area (Å²) >= 11 is 3.52. The lowest BCUT2D eigenvalue weighted by Gasteiger charge is -2.09. The molecular weight excluding hydrogens is 415 g/mol. The zero-order valence-corrected chi connectivity index (χ0v) is 15.8. The molecule has 27 heavy (non-hydrogen) atoms. The van der Waals surface area contributed by atoms with Gasteiger partial charge in [0.2, 0.25) is 6.79 Å². The molecule has 136 valence electrons. The van der Waals surface area contributed by atoms with Crippen molar-refractivity contribution in [3.8, 4) is 22.6 Å². The van der Waals surface area contributed by atoms with E-state index in [1.165, 1.54) is 12.1 Å². The number of benzene rings is 2. The molecule has 2 heterocycles. The van der Waals surface area contributed by atoms with Crippen molar-refractivity contribution in [3.63, 3.8) is 0 Å². The summed E-state index contributed by atoms with van der Waals surface area (Å²) in [4.78, 5) is 16.5. The molecule has 4 rings (SSSR count). The van der Waals surface area contributed by atoms with Crippen molar-refractivity contribution in [2.24, 2.45) is 0 Å². The molecule has 1 aliphatic heterocycles. The van der Waals surface area contributed by atoms with Gasteiger partial charge in [0.25, 0.3) is 5.91 Å². The molecule has 2 aromatic carbocycles. The molecule has 1 aliphatic rings. The molecule has 0 unspecified atom stereocenters. The lowest BCUT2D eigenvalue weighted by Crippen LogP contribution is -2.14. The predicted octanol–water partition coefficient (Wildman–Crippen LogP) is 4.94. The van der Waals surface area contributed by atoms with Crippen LogP contribution in [0, 0.1) is 12.7 Å². The molecule has 0 saturated carbocycles. The first-order valence-electron chi connectivity index (χ1n) is 8.14. The van der Waals surface area contributed by atoms with E-state index in [1.807, 2.05) is 18.2 Å². The summed E-state index contributed by atoms with van der Waals surface area (Å²) in [5.74, 6) is 0.578. The van der Waals surface area contributed by atoms with Gasteiger partial charge in [-0.05, 0) is 48.9 Å². The van der Waals surface area contributed by atoms with Crippen LogP contribution < -0.4 is 14.8 Å². The molecule has 3 aromatic rings. The summed E-state index contributed by atoms with van der Waals surface area (Å²) in [6.45, 7) is 1.96. The number of anilines is 1. The van der Waals surface area contributed by atoms with Gasteiger partial charge in [0, 0.05) is 21.8 Å². The second-order valence-corrected chi connectivity index (χ2v) is 6.91. The molecule has 0 fully saturated rings. The number of nitrogens with zero attached hydrogens (tertiary/aromatic N) is 1. The third-order valence-electron chi connectivity index (χ3n) is 4.15. The van der Waals surface area contributed by atoms with Crippen molar-refractivity contribution in [2.45, 2.75) is 6.92 Å². The molecule has 0 saturated heterocycles. The molecule has 1 N–H and O–H groups in total. The van der Waals surface area contributed by atoms with Crippen molar-refractivity contribution in [3.05, 3.63) is 70.1 Å². The highest BCUT2D eigenvalue weighted by Gasteiger charge is 2.18. The minimum absolute atomic E-state index is 0.0232. The summed E-state index contributed by atoms with van der Waals surface area (Å²) in [5, 5.41) is 2.61. The van der Waals surface area contributed by atoms with E-state index >= 15 is 0 Å². The Morgan fingerprint density at radius 1 is 1.15 bits per heavy atom. The molecule has 1 amide bonds. The minimum atomic E-state index is -0.562. The molecule has 1 aromatic heterocycles. The van der Waals surface area contributed by atoms with Crippen LogP contribution in [0.2, 0.25) is 0 Å². The Bertz CT molecular complexity index is 1040. The van der Waals surface area contributed by atoms with Crippen LogP contribution in [0.3, 0.4) is 0 Å². The van der Waals surface area contributed by atoms with Gasteiger partial charge in [-0.2, -0.15) is 0 Å². The SMILES string of the molecule is Cc1ccc(C(=O)Nc2ccc(-c3cc4c(cc3Br)OCO4)cn2)c(F)c1. The second kappa shape index (κ2) is 7.00. The van der Waals surface area contributed by atoms with Crippen LogP contribution in [0.5, 0.6) is 11.5 Å². The average Bonchev–Trinajstić information content (AvgIpc) is 3.09. The van der Waals surface area contributed by atoms with E-state index in [2.05, 4.69) is 26.2 Å². The van der Waals surface area contributed by atoms with Crippen LogP contribution in [-0.4, -0.2) is 17.7 Å². The van der Waals surface area contributed by atoms with Crippen molar-refractivity contribution in [2.75, 3.05) is 12.1 Å². The van der Waals surface area contributed by atoms with Crippen LogP contribution in [0.25, 0.3) is 11.1 Å². The maximum atomic E-state index is 13.9. The first-order valence-corrected chi connectivity index (χ1v) is 8.93. The van der Waals surface area contributed by atoms with E-state index in [9.17, 15) is 9.18 Å². The van der Waals surface area contributed by atoms with Gasteiger partial charge in [-0.25, -0.2) is 9.37 Å². The number of aryl methyl sites for hydroxylation is 1. The quantitative estimate of drug-likeness (QED) is 0.641. The number of rotatable bonds is 3. The Labute approximate surface area is 163 Å². The number of carbonyl (C=O) groups excluding carboxylic acids is 1. The van der Waals surface area contributed by atoms with Crippen LogP contribution in [0.4, 0.5) is 10.2 Å². The van der Waals surface area contributed by atoms with Crippen LogP contribution in [0.1, 0.15) is 15.9 Å². The lowest BCUT2D eigenvalue weighted by atomic mass is 10.1. The number of amides is 1. The summed E-state index contributed by atoms with van der Waals surface area (Å²) in [7, 11) is 0. The van der Waals surface area contributed by atoms with Crippen molar-refractivity contribution in [1.82, 2.24) is 4.98 Å². The highest BCUT2D eigenvalue weighted by molar-refractivity contribution is 9.10. The van der Waals surface area contributed by atoms with Gasteiger partial charge >= 0.3 is 0 Å². The molecule has 7 heteroatoms. The summed E-state index contributed by atoms with van der Waals surface area (Å²) in [5.41, 5.74) is 2.44. The first-order chi connectivity index (χ1) is 13.0. The number of hydrogen-bond donors (Lipinski definition) is 1. The molecule has 0 atom stereocenters. The molecule has 0 bridgehead atoms. The largest absolute Gasteiger partial charge is 0.454 e. The fraction of sp³-hybridized carbons (Fsp3) is 0.100. The van der Waals surface area contributed by atoms with Gasteiger partial charge in [0.15, 0.2) is 11.5 Å². The molecule has 5 nitrogen and oxygen atoms in total. The Balaban J connectivity index is 1.55. The zero-order valence-electron chi connectivity index (χ0n) is 14.3. The highest BCUT2D eigenvalue weighted by atomic mass is 79.9. The number of fused-ring (bicyclic) bond motifs is 1. The third-order valence-corrected chi connectivity index (χ3v) is 4.80. The van der Waals surface area contributed by atoms with E-state index in [0.29, 0.717) is 17.3 Å². The van der Waals surface area contributed by atoms with Gasteiger partial charge < -0.3 is 14.8 Å². The molecule has 0 spiro atoms. The zero-order chi connectivity index (χ0) is 19.0. The monoisotopic (exact) mass is 428 g/mol. The van der Waals surface area contributed by atoms with Crippen molar-refractivity contribution >= 4 is 27.7 Å². The number of ether oxygens (including phenoxy) is 2. The van der Waals surface area contributed by atoms with E-state index < -0.39 is 11.7 Å². The van der Waals surface area contributed by atoms with Gasteiger partial charge in [-0.3, -0.25) is 4.79 Å². The standard InChI is InChI=1S/C20H14BrFN2O3/c1-11-2-4-13(16(22)6-11)20(25)24-19-5-3-12(9-23-19)14-7-17-18(8-15(14)21)27-10-26-17/h2-9H,10H2,1H3,(H,23,24,25). The maximum Gasteiger partial charge on any atom is 0.259 e. The molecule has 0 radical (unpaired) electrons. The smallest absolute Gasteiger partial charge is 0.259 e. The van der Waals surface area contributed by atoms with Gasteiger partial charge in [-0.1, -0.05) is 22.0 Å². The van der Waals surface area contributed by atoms with Gasteiger partial charge in [0.05, 0.1) is 5.56 Å². The number of pyridine rings is 1. The minimum Gasteiger partial charge on any atom is -0.454 e. The maximum absolute atomic E-state index is 13.9. The van der Waals surface area contributed by atoms with Gasteiger partial charge in [-0.15, -0.1) is 0 Å². The molecular formula is C20H14BrFN2O3.